The number of nitrogens with zero attached hydrogens (tertiary/aromatic N) is 3. The number of carbonyl (C=O) groups is 1. The van der Waals surface area contributed by atoms with E-state index >= 15 is 0 Å². The number of amides is 1. The average molecular weight is 393 g/mol. The second kappa shape index (κ2) is 9.90. The minimum absolute atomic E-state index is 0.0272. The summed E-state index contributed by atoms with van der Waals surface area (Å²) in [7, 11) is 0. The highest BCUT2D eigenvalue weighted by Crippen LogP contribution is 2.20. The summed E-state index contributed by atoms with van der Waals surface area (Å²) < 4.78 is 1.95. The van der Waals surface area contributed by atoms with E-state index in [0.717, 1.165) is 23.0 Å². The van der Waals surface area contributed by atoms with E-state index in [-0.39, 0.29) is 17.7 Å². The van der Waals surface area contributed by atoms with Crippen molar-refractivity contribution in [3.63, 3.8) is 0 Å². The van der Waals surface area contributed by atoms with Gasteiger partial charge in [-0.15, -0.1) is 16.8 Å². The van der Waals surface area contributed by atoms with Crippen LogP contribution in [0.4, 0.5) is 0 Å². The predicted molar refractivity (Wildman–Crippen MR) is 113 cm³/mol. The summed E-state index contributed by atoms with van der Waals surface area (Å²) in [6, 6.07) is 20.2. The second-order valence-corrected chi connectivity index (χ2v) is 7.38. The maximum atomic E-state index is 12.7. The molecular formula is C22H24N4OS. The van der Waals surface area contributed by atoms with E-state index in [9.17, 15) is 4.79 Å². The Kier molecular flexibility index (Phi) is 7.03. The lowest BCUT2D eigenvalue weighted by Gasteiger charge is -2.19. The highest BCUT2D eigenvalue weighted by atomic mass is 32.2. The smallest absolute Gasteiger partial charge is 0.230 e. The summed E-state index contributed by atoms with van der Waals surface area (Å²) >= 11 is 1.39. The molecule has 1 heterocycles. The van der Waals surface area contributed by atoms with Gasteiger partial charge in [0.05, 0.1) is 11.8 Å². The Morgan fingerprint density at radius 1 is 1.14 bits per heavy atom. The van der Waals surface area contributed by atoms with Crippen LogP contribution in [0.25, 0.3) is 0 Å². The molecule has 1 atom stereocenters. The third-order valence-corrected chi connectivity index (χ3v) is 5.33. The van der Waals surface area contributed by atoms with Crippen LogP contribution in [0.2, 0.25) is 0 Å². The van der Waals surface area contributed by atoms with Gasteiger partial charge >= 0.3 is 0 Å². The molecule has 1 aromatic heterocycles. The molecule has 6 heteroatoms. The summed E-state index contributed by atoms with van der Waals surface area (Å²) in [5, 5.41) is 12.2. The van der Waals surface area contributed by atoms with Crippen molar-refractivity contribution >= 4 is 17.7 Å². The van der Waals surface area contributed by atoms with Crippen LogP contribution in [0.3, 0.4) is 0 Å². The number of aromatic nitrogens is 3. The summed E-state index contributed by atoms with van der Waals surface area (Å²) in [5.74, 6) is 1.07. The molecule has 3 rings (SSSR count). The molecule has 1 N–H and O–H groups in total. The van der Waals surface area contributed by atoms with E-state index in [2.05, 4.69) is 34.2 Å². The van der Waals surface area contributed by atoms with E-state index in [1.807, 2.05) is 60.0 Å². The largest absolute Gasteiger partial charge is 0.348 e. The van der Waals surface area contributed by atoms with Gasteiger partial charge in [0.1, 0.15) is 5.82 Å². The molecule has 3 aromatic rings. The van der Waals surface area contributed by atoms with Gasteiger partial charge in [-0.2, -0.15) is 0 Å². The van der Waals surface area contributed by atoms with Gasteiger partial charge in [0.2, 0.25) is 5.91 Å². The van der Waals surface area contributed by atoms with E-state index < -0.39 is 0 Å². The topological polar surface area (TPSA) is 59.8 Å². The third-order valence-electron chi connectivity index (χ3n) is 4.37. The highest BCUT2D eigenvalue weighted by Gasteiger charge is 2.17. The van der Waals surface area contributed by atoms with Crippen LogP contribution < -0.4 is 5.32 Å². The molecule has 28 heavy (non-hydrogen) atoms. The lowest BCUT2D eigenvalue weighted by atomic mass is 9.99. The number of nitrogens with one attached hydrogen (secondary N) is 1. The van der Waals surface area contributed by atoms with E-state index in [0.29, 0.717) is 6.54 Å². The molecule has 0 aliphatic carbocycles. The van der Waals surface area contributed by atoms with Gasteiger partial charge in [0, 0.05) is 6.54 Å². The van der Waals surface area contributed by atoms with Crippen molar-refractivity contribution in [3.8, 4) is 0 Å². The van der Waals surface area contributed by atoms with Gasteiger partial charge in [-0.25, -0.2) is 0 Å². The molecule has 1 unspecified atom stereocenters. The molecule has 0 aliphatic rings. The van der Waals surface area contributed by atoms with Crippen molar-refractivity contribution < 1.29 is 4.79 Å². The van der Waals surface area contributed by atoms with Crippen LogP contribution in [0, 0.1) is 6.92 Å². The van der Waals surface area contributed by atoms with Gasteiger partial charge in [-0.05, 0) is 24.5 Å². The monoisotopic (exact) mass is 392 g/mol. The molecule has 1 amide bonds. The Morgan fingerprint density at radius 3 is 2.50 bits per heavy atom. The molecule has 0 saturated carbocycles. The quantitative estimate of drug-likeness (QED) is 0.442. The maximum absolute atomic E-state index is 12.7. The summed E-state index contributed by atoms with van der Waals surface area (Å²) in [4.78, 5) is 12.7. The van der Waals surface area contributed by atoms with Gasteiger partial charge < -0.3 is 9.88 Å². The van der Waals surface area contributed by atoms with Crippen molar-refractivity contribution in [1.29, 1.82) is 0 Å². The fraction of sp³-hybridized carbons (Fsp3) is 0.227. The summed E-state index contributed by atoms with van der Waals surface area (Å²) in [5.41, 5.74) is 2.28. The molecular weight excluding hydrogens is 368 g/mol. The van der Waals surface area contributed by atoms with Crippen molar-refractivity contribution in [2.45, 2.75) is 31.1 Å². The van der Waals surface area contributed by atoms with Crippen molar-refractivity contribution in [1.82, 2.24) is 20.1 Å². The second-order valence-electron chi connectivity index (χ2n) is 6.44. The minimum atomic E-state index is -0.0792. The van der Waals surface area contributed by atoms with Gasteiger partial charge in [0.15, 0.2) is 5.16 Å². The molecule has 144 valence electrons. The third kappa shape index (κ3) is 5.33. The normalized spacial score (nSPS) is 11.8. The predicted octanol–water partition coefficient (Wildman–Crippen LogP) is 3.96. The Bertz CT molecular complexity index is 909. The van der Waals surface area contributed by atoms with Crippen LogP contribution in [0.15, 0.2) is 78.5 Å². The molecule has 0 spiro atoms. The zero-order valence-electron chi connectivity index (χ0n) is 15.9. The Hall–Kier alpha value is -2.86. The van der Waals surface area contributed by atoms with Crippen molar-refractivity contribution in [2.75, 3.05) is 5.75 Å². The average Bonchev–Trinajstić information content (AvgIpc) is 3.07. The Labute approximate surface area is 169 Å². The summed E-state index contributed by atoms with van der Waals surface area (Å²) in [6.45, 7) is 6.28. The first-order chi connectivity index (χ1) is 13.7. The first kappa shape index (κ1) is 19.9. The first-order valence-electron chi connectivity index (χ1n) is 9.19. The minimum Gasteiger partial charge on any atom is -0.348 e. The maximum Gasteiger partial charge on any atom is 0.230 e. The van der Waals surface area contributed by atoms with Gasteiger partial charge in [-0.1, -0.05) is 78.5 Å². The Balaban J connectivity index is 1.67. The number of thioether (sulfide) groups is 1. The molecule has 2 aromatic carbocycles. The molecule has 5 nitrogen and oxygen atoms in total. The molecule has 0 aliphatic heterocycles. The zero-order chi connectivity index (χ0) is 19.8. The number of rotatable bonds is 9. The molecule has 0 bridgehead atoms. The highest BCUT2D eigenvalue weighted by molar-refractivity contribution is 7.99. The lowest BCUT2D eigenvalue weighted by Crippen LogP contribution is -2.31. The number of benzene rings is 2. The summed E-state index contributed by atoms with van der Waals surface area (Å²) in [6.07, 6.45) is 2.54. The van der Waals surface area contributed by atoms with Crippen LogP contribution in [0.1, 0.15) is 23.0 Å². The van der Waals surface area contributed by atoms with Crippen LogP contribution in [0.5, 0.6) is 0 Å². The first-order valence-corrected chi connectivity index (χ1v) is 10.2. The van der Waals surface area contributed by atoms with E-state index in [4.69, 9.17) is 0 Å². The SMILES string of the molecule is C=CCn1c(C)nnc1SCC(=O)NC(Cc1ccccc1)c1ccccc1. The number of aryl methyl sites for hydroxylation is 1. The van der Waals surface area contributed by atoms with Crippen LogP contribution in [-0.4, -0.2) is 26.4 Å². The molecule has 0 fully saturated rings. The van der Waals surface area contributed by atoms with Gasteiger partial charge in [0.25, 0.3) is 0 Å². The number of carbonyl (C=O) groups excluding carboxylic acids is 1. The van der Waals surface area contributed by atoms with Crippen molar-refractivity contribution in [2.24, 2.45) is 0 Å². The van der Waals surface area contributed by atoms with Crippen LogP contribution in [-0.2, 0) is 17.8 Å². The van der Waals surface area contributed by atoms with Gasteiger partial charge in [-0.3, -0.25) is 4.79 Å². The van der Waals surface area contributed by atoms with Crippen molar-refractivity contribution in [3.05, 3.63) is 90.3 Å². The molecule has 0 radical (unpaired) electrons. The van der Waals surface area contributed by atoms with Crippen LogP contribution >= 0.6 is 11.8 Å². The number of hydrogen-bond acceptors (Lipinski definition) is 4. The van der Waals surface area contributed by atoms with E-state index in [1.165, 1.54) is 17.3 Å². The zero-order valence-corrected chi connectivity index (χ0v) is 16.7. The molecule has 0 saturated heterocycles. The Morgan fingerprint density at radius 2 is 1.82 bits per heavy atom. The number of hydrogen-bond donors (Lipinski definition) is 1. The fourth-order valence-corrected chi connectivity index (χ4v) is 3.77. The fourth-order valence-electron chi connectivity index (χ4n) is 2.96. The lowest BCUT2D eigenvalue weighted by molar-refractivity contribution is -0.119. The van der Waals surface area contributed by atoms with E-state index in [1.54, 1.807) is 6.08 Å². The standard InChI is InChI=1S/C22H24N4OS/c1-3-14-26-17(2)24-25-22(26)28-16-21(27)23-20(19-12-8-5-9-13-19)15-18-10-6-4-7-11-18/h3-13,20H,1,14-16H2,2H3,(H,23,27). The number of allylic oxidation sites excluding steroid dienone is 1.